The quantitative estimate of drug-likeness (QED) is 0.839. The lowest BCUT2D eigenvalue weighted by molar-refractivity contribution is 0.333. The van der Waals surface area contributed by atoms with Gasteiger partial charge in [-0.3, -0.25) is 0 Å². The predicted molar refractivity (Wildman–Crippen MR) is 88.4 cm³/mol. The number of hydrogen-bond acceptors (Lipinski definition) is 6. The smallest absolute Gasteiger partial charge is 0.203 e. The Morgan fingerprint density at radius 2 is 1.00 bits per heavy atom. The molecule has 24 heavy (non-hydrogen) atoms. The van der Waals surface area contributed by atoms with E-state index in [1.165, 1.54) is 40.6 Å². The molecule has 0 bridgehead atoms. The van der Waals surface area contributed by atoms with E-state index in [1.807, 2.05) is 0 Å². The van der Waals surface area contributed by atoms with Crippen LogP contribution in [0.4, 0.5) is 0 Å². The summed E-state index contributed by atoms with van der Waals surface area (Å²) in [6.07, 6.45) is 0. The maximum atomic E-state index is 9.95. The number of aromatic hydroxyl groups is 2. The van der Waals surface area contributed by atoms with E-state index in [0.29, 0.717) is 22.6 Å². The largest absolute Gasteiger partial charge is 0.504 e. The first-order chi connectivity index (χ1) is 11.5. The molecule has 0 aromatic heterocycles. The van der Waals surface area contributed by atoms with Crippen LogP contribution in [0.15, 0.2) is 24.3 Å². The van der Waals surface area contributed by atoms with Crippen LogP contribution in [0, 0.1) is 11.8 Å². The number of hydrogen-bond donors (Lipinski definition) is 2. The molecule has 0 radical (unpaired) electrons. The lowest BCUT2D eigenvalue weighted by atomic mass is 10.1. The first-order valence-electron chi connectivity index (χ1n) is 6.96. The molecule has 0 saturated heterocycles. The zero-order valence-corrected chi connectivity index (χ0v) is 13.8. The molecule has 0 fully saturated rings. The molecule has 0 saturated carbocycles. The van der Waals surface area contributed by atoms with Crippen LogP contribution in [0.3, 0.4) is 0 Å². The fourth-order valence-corrected chi connectivity index (χ4v) is 2.18. The number of ether oxygens (including phenoxy) is 4. The fourth-order valence-electron chi connectivity index (χ4n) is 2.18. The summed E-state index contributed by atoms with van der Waals surface area (Å²) in [6.45, 7) is 0. The van der Waals surface area contributed by atoms with E-state index in [9.17, 15) is 10.2 Å². The van der Waals surface area contributed by atoms with Crippen LogP contribution in [0.2, 0.25) is 0 Å². The van der Waals surface area contributed by atoms with Gasteiger partial charge in [-0.2, -0.15) is 0 Å². The van der Waals surface area contributed by atoms with E-state index in [2.05, 4.69) is 11.8 Å². The van der Waals surface area contributed by atoms with Gasteiger partial charge in [-0.15, -0.1) is 0 Å². The molecule has 0 amide bonds. The zero-order chi connectivity index (χ0) is 17.7. The number of phenolic OH excluding ortho intramolecular Hbond substituents is 2. The summed E-state index contributed by atoms with van der Waals surface area (Å²) in [7, 11) is 5.83. The van der Waals surface area contributed by atoms with Crippen LogP contribution in [0.1, 0.15) is 11.1 Å². The first-order valence-corrected chi connectivity index (χ1v) is 6.96. The Labute approximate surface area is 140 Å². The number of phenols is 2. The van der Waals surface area contributed by atoms with Gasteiger partial charge in [0.1, 0.15) is 0 Å². The highest BCUT2D eigenvalue weighted by Gasteiger charge is 2.12. The summed E-state index contributed by atoms with van der Waals surface area (Å²) in [5.74, 6) is 6.87. The van der Waals surface area contributed by atoms with Crippen molar-refractivity contribution in [2.75, 3.05) is 28.4 Å². The van der Waals surface area contributed by atoms with Crippen molar-refractivity contribution in [2.24, 2.45) is 0 Å². The Hall–Kier alpha value is -3.20. The van der Waals surface area contributed by atoms with E-state index in [4.69, 9.17) is 18.9 Å². The minimum Gasteiger partial charge on any atom is -0.504 e. The van der Waals surface area contributed by atoms with Crippen molar-refractivity contribution in [3.8, 4) is 46.3 Å². The third-order valence-electron chi connectivity index (χ3n) is 3.27. The second-order valence-corrected chi connectivity index (χ2v) is 4.71. The fraction of sp³-hybridized carbons (Fsp3) is 0.222. The molecule has 0 aliphatic carbocycles. The highest BCUT2D eigenvalue weighted by atomic mass is 16.5. The van der Waals surface area contributed by atoms with Crippen molar-refractivity contribution in [3.63, 3.8) is 0 Å². The van der Waals surface area contributed by atoms with Gasteiger partial charge in [0.25, 0.3) is 0 Å². The predicted octanol–water partition coefficient (Wildman–Crippen LogP) is 2.53. The van der Waals surface area contributed by atoms with E-state index in [0.717, 1.165) is 0 Å². The molecule has 0 unspecified atom stereocenters. The van der Waals surface area contributed by atoms with Gasteiger partial charge in [0.05, 0.1) is 28.4 Å². The number of rotatable bonds is 4. The Morgan fingerprint density at radius 1 is 0.625 bits per heavy atom. The highest BCUT2D eigenvalue weighted by molar-refractivity contribution is 5.60. The average Bonchev–Trinajstić information content (AvgIpc) is 2.58. The molecule has 6 heteroatoms. The van der Waals surface area contributed by atoms with Gasteiger partial charge in [0, 0.05) is 11.1 Å². The molecule has 2 rings (SSSR count). The van der Waals surface area contributed by atoms with Crippen LogP contribution in [0.5, 0.6) is 34.5 Å². The normalized spacial score (nSPS) is 9.67. The maximum absolute atomic E-state index is 9.95. The zero-order valence-electron chi connectivity index (χ0n) is 13.8. The van der Waals surface area contributed by atoms with E-state index < -0.39 is 0 Å². The monoisotopic (exact) mass is 330 g/mol. The van der Waals surface area contributed by atoms with Crippen molar-refractivity contribution in [1.82, 2.24) is 0 Å². The molecule has 0 heterocycles. The summed E-state index contributed by atoms with van der Waals surface area (Å²) < 4.78 is 20.5. The minimum atomic E-state index is -0.0729. The highest BCUT2D eigenvalue weighted by Crippen LogP contribution is 2.38. The summed E-state index contributed by atoms with van der Waals surface area (Å²) in [6, 6.07) is 6.22. The summed E-state index contributed by atoms with van der Waals surface area (Å²) in [4.78, 5) is 0. The molecule has 2 aromatic rings. The van der Waals surface area contributed by atoms with Crippen LogP contribution < -0.4 is 18.9 Å². The van der Waals surface area contributed by atoms with Gasteiger partial charge in [0.2, 0.25) is 11.5 Å². The Kier molecular flexibility index (Phi) is 5.27. The van der Waals surface area contributed by atoms with Crippen LogP contribution >= 0.6 is 0 Å². The lowest BCUT2D eigenvalue weighted by Gasteiger charge is -2.10. The lowest BCUT2D eigenvalue weighted by Crippen LogP contribution is -1.92. The second kappa shape index (κ2) is 7.38. The molecule has 2 aromatic carbocycles. The molecule has 0 aliphatic rings. The van der Waals surface area contributed by atoms with E-state index >= 15 is 0 Å². The third kappa shape index (κ3) is 3.41. The molecular formula is C18H18O6. The van der Waals surface area contributed by atoms with Gasteiger partial charge in [-0.25, -0.2) is 0 Å². The van der Waals surface area contributed by atoms with Gasteiger partial charge < -0.3 is 29.2 Å². The first kappa shape index (κ1) is 17.2. The van der Waals surface area contributed by atoms with Crippen LogP contribution in [-0.4, -0.2) is 38.7 Å². The SMILES string of the molecule is COc1cc(C#Cc2cc(O)c(OC)c(OC)c2)cc(O)c1OC. The van der Waals surface area contributed by atoms with Gasteiger partial charge >= 0.3 is 0 Å². The summed E-state index contributed by atoms with van der Waals surface area (Å²) in [5.41, 5.74) is 1.05. The van der Waals surface area contributed by atoms with Crippen molar-refractivity contribution in [2.45, 2.75) is 0 Å². The Balaban J connectivity index is 2.43. The summed E-state index contributed by atoms with van der Waals surface area (Å²) >= 11 is 0. The molecule has 6 nitrogen and oxygen atoms in total. The van der Waals surface area contributed by atoms with Gasteiger partial charge in [-0.05, 0) is 24.3 Å². The molecule has 2 N–H and O–H groups in total. The summed E-state index contributed by atoms with van der Waals surface area (Å²) in [5, 5.41) is 19.9. The minimum absolute atomic E-state index is 0.0729. The average molecular weight is 330 g/mol. The molecule has 126 valence electrons. The van der Waals surface area contributed by atoms with E-state index in [1.54, 1.807) is 12.1 Å². The van der Waals surface area contributed by atoms with Crippen molar-refractivity contribution >= 4 is 0 Å². The number of methoxy groups -OCH3 is 4. The molecule has 0 atom stereocenters. The maximum Gasteiger partial charge on any atom is 0.203 e. The van der Waals surface area contributed by atoms with Crippen LogP contribution in [0.25, 0.3) is 0 Å². The Morgan fingerprint density at radius 3 is 1.29 bits per heavy atom. The molecular weight excluding hydrogens is 312 g/mol. The van der Waals surface area contributed by atoms with Crippen molar-refractivity contribution < 1.29 is 29.2 Å². The second-order valence-electron chi connectivity index (χ2n) is 4.71. The van der Waals surface area contributed by atoms with Crippen LogP contribution in [-0.2, 0) is 0 Å². The number of benzene rings is 2. The third-order valence-corrected chi connectivity index (χ3v) is 3.27. The van der Waals surface area contributed by atoms with Gasteiger partial charge in [0.15, 0.2) is 23.0 Å². The van der Waals surface area contributed by atoms with Crippen molar-refractivity contribution in [3.05, 3.63) is 35.4 Å². The topological polar surface area (TPSA) is 77.4 Å². The molecule has 0 aliphatic heterocycles. The van der Waals surface area contributed by atoms with Crippen molar-refractivity contribution in [1.29, 1.82) is 0 Å². The van der Waals surface area contributed by atoms with E-state index in [-0.39, 0.29) is 23.0 Å². The Bertz CT molecular complexity index is 736. The standard InChI is InChI=1S/C18H18O6/c1-21-15-9-11(7-13(19)17(15)23-3)5-6-12-8-14(20)18(24-4)16(10-12)22-2/h7-10,19-20H,1-4H3. The molecule has 0 spiro atoms. The van der Waals surface area contributed by atoms with Gasteiger partial charge in [-0.1, -0.05) is 11.8 Å².